The molecule has 0 aliphatic heterocycles. The standard InChI is InChI=1S/C25H27N5O3/c1-14(2)30-20-12-21(31)23(17-4-3-5-18(26)10-17)19(24(20)33)11-22(32)29-13-15-6-8-16(9-7-15)25(27)28/h3-10,12,14,30H,11,13,26H2,1-2H3,(H3,27,28)(H,29,32). The molecule has 1 amide bonds. The van der Waals surface area contributed by atoms with Crippen molar-refractivity contribution in [2.24, 2.45) is 5.73 Å². The highest BCUT2D eigenvalue weighted by Crippen LogP contribution is 2.30. The van der Waals surface area contributed by atoms with Gasteiger partial charge in [0.1, 0.15) is 5.84 Å². The van der Waals surface area contributed by atoms with Crippen molar-refractivity contribution in [3.05, 3.63) is 82.6 Å². The summed E-state index contributed by atoms with van der Waals surface area (Å²) in [7, 11) is 0. The lowest BCUT2D eigenvalue weighted by molar-refractivity contribution is -0.122. The lowest BCUT2D eigenvalue weighted by Gasteiger charge is -2.22. The Kier molecular flexibility index (Phi) is 7.07. The normalized spacial score (nSPS) is 13.7. The molecule has 2 aromatic rings. The van der Waals surface area contributed by atoms with Crippen LogP contribution in [-0.2, 0) is 20.9 Å². The molecule has 7 N–H and O–H groups in total. The van der Waals surface area contributed by atoms with E-state index in [1.807, 2.05) is 13.8 Å². The van der Waals surface area contributed by atoms with Crippen LogP contribution in [0.5, 0.6) is 0 Å². The largest absolute Gasteiger partial charge is 0.399 e. The summed E-state index contributed by atoms with van der Waals surface area (Å²) >= 11 is 0. The third-order valence-electron chi connectivity index (χ3n) is 5.05. The van der Waals surface area contributed by atoms with Crippen LogP contribution < -0.4 is 22.1 Å². The van der Waals surface area contributed by atoms with Crippen LogP contribution in [0.2, 0.25) is 0 Å². The van der Waals surface area contributed by atoms with E-state index >= 15 is 0 Å². The number of amidine groups is 1. The average molecular weight is 446 g/mol. The van der Waals surface area contributed by atoms with Crippen molar-refractivity contribution < 1.29 is 14.4 Å². The number of hydrogen-bond acceptors (Lipinski definition) is 6. The third-order valence-corrected chi connectivity index (χ3v) is 5.05. The molecular weight excluding hydrogens is 418 g/mol. The monoisotopic (exact) mass is 445 g/mol. The summed E-state index contributed by atoms with van der Waals surface area (Å²) in [5.41, 5.74) is 14.2. The van der Waals surface area contributed by atoms with Crippen molar-refractivity contribution in [1.82, 2.24) is 10.6 Å². The van der Waals surface area contributed by atoms with E-state index in [1.54, 1.807) is 48.5 Å². The Morgan fingerprint density at radius 1 is 1.09 bits per heavy atom. The van der Waals surface area contributed by atoms with E-state index in [0.29, 0.717) is 16.8 Å². The number of Topliss-reactive ketones (excluding diaryl/α,β-unsaturated/α-hetero) is 1. The molecule has 0 bridgehead atoms. The Labute approximate surface area is 192 Å². The number of allylic oxidation sites excluding steroid dienone is 3. The van der Waals surface area contributed by atoms with Gasteiger partial charge >= 0.3 is 0 Å². The molecule has 0 atom stereocenters. The van der Waals surface area contributed by atoms with Crippen LogP contribution in [0.15, 0.2) is 65.9 Å². The minimum absolute atomic E-state index is 0.0362. The van der Waals surface area contributed by atoms with Crippen LogP contribution >= 0.6 is 0 Å². The first kappa shape index (κ1) is 23.5. The highest BCUT2D eigenvalue weighted by molar-refractivity contribution is 6.37. The number of nitrogens with one attached hydrogen (secondary N) is 3. The number of amides is 1. The van der Waals surface area contributed by atoms with E-state index in [2.05, 4.69) is 10.6 Å². The fraction of sp³-hybridized carbons (Fsp3) is 0.200. The molecule has 0 heterocycles. The average Bonchev–Trinajstić information content (AvgIpc) is 2.75. The summed E-state index contributed by atoms with van der Waals surface area (Å²) in [5, 5.41) is 13.2. The van der Waals surface area contributed by atoms with Gasteiger partial charge in [-0.1, -0.05) is 36.4 Å². The number of carbonyl (C=O) groups excluding carboxylic acids is 3. The van der Waals surface area contributed by atoms with Gasteiger partial charge in [0, 0.05) is 41.1 Å². The number of nitrogen functional groups attached to an aromatic ring is 2. The molecule has 0 unspecified atom stereocenters. The summed E-state index contributed by atoms with van der Waals surface area (Å²) in [4.78, 5) is 38.9. The van der Waals surface area contributed by atoms with Gasteiger partial charge in [-0.25, -0.2) is 0 Å². The third kappa shape index (κ3) is 5.74. The maximum Gasteiger partial charge on any atom is 0.224 e. The zero-order valence-electron chi connectivity index (χ0n) is 18.6. The zero-order chi connectivity index (χ0) is 24.1. The zero-order valence-corrected chi connectivity index (χ0v) is 18.6. The minimum atomic E-state index is -0.394. The summed E-state index contributed by atoms with van der Waals surface area (Å²) in [6.07, 6.45) is 1.02. The molecule has 0 saturated heterocycles. The first-order valence-corrected chi connectivity index (χ1v) is 10.5. The Balaban J connectivity index is 1.85. The Morgan fingerprint density at radius 2 is 1.79 bits per heavy atom. The molecule has 0 saturated carbocycles. The fourth-order valence-corrected chi connectivity index (χ4v) is 3.52. The maximum atomic E-state index is 13.2. The van der Waals surface area contributed by atoms with Gasteiger partial charge in [0.2, 0.25) is 11.7 Å². The van der Waals surface area contributed by atoms with Crippen molar-refractivity contribution in [1.29, 1.82) is 5.41 Å². The molecule has 1 aliphatic rings. The molecule has 3 rings (SSSR count). The van der Waals surface area contributed by atoms with Crippen LogP contribution in [0.1, 0.15) is 37.0 Å². The first-order chi connectivity index (χ1) is 15.7. The van der Waals surface area contributed by atoms with Gasteiger partial charge in [-0.15, -0.1) is 0 Å². The molecule has 33 heavy (non-hydrogen) atoms. The minimum Gasteiger partial charge on any atom is -0.399 e. The summed E-state index contributed by atoms with van der Waals surface area (Å²) < 4.78 is 0. The Bertz CT molecular complexity index is 1180. The van der Waals surface area contributed by atoms with Gasteiger partial charge in [0.25, 0.3) is 0 Å². The molecule has 0 aromatic heterocycles. The van der Waals surface area contributed by atoms with E-state index in [4.69, 9.17) is 16.9 Å². The smallest absolute Gasteiger partial charge is 0.224 e. The van der Waals surface area contributed by atoms with Gasteiger partial charge in [-0.05, 0) is 37.1 Å². The van der Waals surface area contributed by atoms with Crippen LogP contribution in [-0.4, -0.2) is 29.4 Å². The topological polar surface area (TPSA) is 151 Å². The summed E-state index contributed by atoms with van der Waals surface area (Å²) in [6, 6.07) is 13.5. The Hall–Kier alpha value is -4.20. The van der Waals surface area contributed by atoms with Crippen LogP contribution in [0, 0.1) is 5.41 Å². The molecule has 0 radical (unpaired) electrons. The number of ketones is 2. The van der Waals surface area contributed by atoms with Gasteiger partial charge in [0.15, 0.2) is 5.78 Å². The van der Waals surface area contributed by atoms with Crippen molar-refractivity contribution in [3.8, 4) is 0 Å². The predicted molar refractivity (Wildman–Crippen MR) is 128 cm³/mol. The second-order valence-electron chi connectivity index (χ2n) is 8.09. The number of nitrogens with two attached hydrogens (primary N) is 2. The fourth-order valence-electron chi connectivity index (χ4n) is 3.52. The number of carbonyl (C=O) groups is 3. The second-order valence-corrected chi connectivity index (χ2v) is 8.09. The summed E-state index contributed by atoms with van der Waals surface area (Å²) in [6.45, 7) is 3.95. The highest BCUT2D eigenvalue weighted by Gasteiger charge is 2.31. The first-order valence-electron chi connectivity index (χ1n) is 10.5. The van der Waals surface area contributed by atoms with E-state index < -0.39 is 5.91 Å². The van der Waals surface area contributed by atoms with Gasteiger partial charge < -0.3 is 22.1 Å². The van der Waals surface area contributed by atoms with Gasteiger partial charge in [-0.2, -0.15) is 0 Å². The lowest BCUT2D eigenvalue weighted by Crippen LogP contribution is -2.33. The van der Waals surface area contributed by atoms with Gasteiger partial charge in [-0.3, -0.25) is 19.8 Å². The van der Waals surface area contributed by atoms with Crippen molar-refractivity contribution in [2.45, 2.75) is 32.9 Å². The molecule has 8 nitrogen and oxygen atoms in total. The Morgan fingerprint density at radius 3 is 2.39 bits per heavy atom. The number of anilines is 1. The van der Waals surface area contributed by atoms with Crippen molar-refractivity contribution in [2.75, 3.05) is 5.73 Å². The van der Waals surface area contributed by atoms with Crippen LogP contribution in [0.25, 0.3) is 5.57 Å². The molecule has 1 aliphatic carbocycles. The van der Waals surface area contributed by atoms with Gasteiger partial charge in [0.05, 0.1) is 12.1 Å². The summed E-state index contributed by atoms with van der Waals surface area (Å²) in [5.74, 6) is -1.17. The second kappa shape index (κ2) is 9.95. The molecule has 170 valence electrons. The van der Waals surface area contributed by atoms with E-state index in [9.17, 15) is 14.4 Å². The SMILES string of the molecule is CC(C)NC1=CC(=O)C(c2cccc(N)c2)=C(CC(=O)NCc2ccc(C(=N)N)cc2)C1=O. The number of hydrogen-bond donors (Lipinski definition) is 5. The van der Waals surface area contributed by atoms with E-state index in [-0.39, 0.29) is 53.3 Å². The highest BCUT2D eigenvalue weighted by atomic mass is 16.2. The molecule has 0 spiro atoms. The number of benzene rings is 2. The van der Waals surface area contributed by atoms with E-state index in [1.165, 1.54) is 6.08 Å². The quantitative estimate of drug-likeness (QED) is 0.182. The number of rotatable bonds is 8. The molecular formula is C25H27N5O3. The maximum absolute atomic E-state index is 13.2. The van der Waals surface area contributed by atoms with E-state index in [0.717, 1.165) is 5.56 Å². The predicted octanol–water partition coefficient (Wildman–Crippen LogP) is 2.05. The van der Waals surface area contributed by atoms with Crippen LogP contribution in [0.4, 0.5) is 5.69 Å². The van der Waals surface area contributed by atoms with Crippen LogP contribution in [0.3, 0.4) is 0 Å². The molecule has 2 aromatic carbocycles. The van der Waals surface area contributed by atoms with Crippen molar-refractivity contribution >= 4 is 34.6 Å². The lowest BCUT2D eigenvalue weighted by atomic mass is 9.86. The molecule has 0 fully saturated rings. The molecule has 8 heteroatoms. The van der Waals surface area contributed by atoms with Crippen molar-refractivity contribution in [3.63, 3.8) is 0 Å².